The van der Waals surface area contributed by atoms with Gasteiger partial charge >= 0.3 is 0 Å². The number of fused-ring (bicyclic) bond motifs is 2. The third-order valence-corrected chi connectivity index (χ3v) is 7.01. The molecule has 4 rings (SSSR count). The largest absolute Gasteiger partial charge is 0.473 e. The van der Waals surface area contributed by atoms with E-state index < -0.39 is 0 Å². The number of nitrogens with zero attached hydrogens (tertiary/aromatic N) is 2. The highest BCUT2D eigenvalue weighted by molar-refractivity contribution is 8.01. The monoisotopic (exact) mass is 405 g/mol. The zero-order chi connectivity index (χ0) is 15.5. The Labute approximate surface area is 160 Å². The Morgan fingerprint density at radius 3 is 2.92 bits per heavy atom. The molecule has 0 amide bonds. The van der Waals surface area contributed by atoms with E-state index >= 15 is 0 Å². The van der Waals surface area contributed by atoms with Crippen molar-refractivity contribution in [3.8, 4) is 11.8 Å². The van der Waals surface area contributed by atoms with Gasteiger partial charge in [0.2, 0.25) is 0 Å². The highest BCUT2D eigenvalue weighted by Gasteiger charge is 2.44. The molecule has 5 nitrogen and oxygen atoms in total. The van der Waals surface area contributed by atoms with E-state index in [0.29, 0.717) is 30.3 Å². The second-order valence-electron chi connectivity index (χ2n) is 5.79. The second kappa shape index (κ2) is 8.71. The first-order chi connectivity index (χ1) is 11.4. The highest BCUT2D eigenvalue weighted by Crippen LogP contribution is 2.36. The number of aromatic nitrogens is 2. The molecule has 3 atom stereocenters. The number of rotatable bonds is 8. The van der Waals surface area contributed by atoms with Crippen molar-refractivity contribution in [1.29, 1.82) is 0 Å². The van der Waals surface area contributed by atoms with E-state index in [1.807, 2.05) is 11.8 Å². The minimum Gasteiger partial charge on any atom is -0.473 e. The fourth-order valence-electron chi connectivity index (χ4n) is 3.18. The van der Waals surface area contributed by atoms with Crippen LogP contribution < -0.4 is 14.8 Å². The molecule has 2 bridgehead atoms. The van der Waals surface area contributed by atoms with Crippen LogP contribution in [0.3, 0.4) is 0 Å². The van der Waals surface area contributed by atoms with E-state index in [1.165, 1.54) is 17.1 Å². The SMILES string of the molecule is Cl.c1csc(SCCCOc2nsnc2OC2C3CCC2NC3)c1. The van der Waals surface area contributed by atoms with Crippen LogP contribution in [0.15, 0.2) is 21.7 Å². The average molecular weight is 406 g/mol. The molecule has 1 saturated carbocycles. The topological polar surface area (TPSA) is 56.3 Å². The van der Waals surface area contributed by atoms with Gasteiger partial charge in [-0.2, -0.15) is 0 Å². The van der Waals surface area contributed by atoms with Gasteiger partial charge < -0.3 is 14.8 Å². The first-order valence-electron chi connectivity index (χ1n) is 7.92. The fraction of sp³-hybridized carbons (Fsp3) is 0.600. The van der Waals surface area contributed by atoms with Gasteiger partial charge in [-0.25, -0.2) is 0 Å². The molecule has 2 aliphatic rings. The molecule has 1 aliphatic carbocycles. The number of hydrogen-bond acceptors (Lipinski definition) is 8. The van der Waals surface area contributed by atoms with E-state index in [1.54, 1.807) is 11.3 Å². The zero-order valence-electron chi connectivity index (χ0n) is 13.1. The number of piperidine rings is 1. The quantitative estimate of drug-likeness (QED) is 0.533. The Hall–Kier alpha value is -0.540. The molecule has 2 aromatic rings. The summed E-state index contributed by atoms with van der Waals surface area (Å²) in [7, 11) is 0. The lowest BCUT2D eigenvalue weighted by Crippen LogP contribution is -2.31. The Morgan fingerprint density at radius 1 is 1.29 bits per heavy atom. The Balaban J connectivity index is 0.00000169. The normalized spacial score (nSPS) is 24.8. The molecular weight excluding hydrogens is 386 g/mol. The van der Waals surface area contributed by atoms with Crippen LogP contribution in [0.2, 0.25) is 0 Å². The second-order valence-corrected chi connectivity index (χ2v) is 8.66. The Kier molecular flexibility index (Phi) is 6.63. The number of hydrogen-bond donors (Lipinski definition) is 1. The van der Waals surface area contributed by atoms with Crippen LogP contribution in [0.4, 0.5) is 0 Å². The van der Waals surface area contributed by atoms with Crippen molar-refractivity contribution in [2.75, 3.05) is 18.9 Å². The first-order valence-corrected chi connectivity index (χ1v) is 10.5. The summed E-state index contributed by atoms with van der Waals surface area (Å²) in [6.07, 6.45) is 3.66. The van der Waals surface area contributed by atoms with Gasteiger partial charge in [0.05, 0.1) is 22.5 Å². The summed E-state index contributed by atoms with van der Waals surface area (Å²) in [6.45, 7) is 1.71. The van der Waals surface area contributed by atoms with Crippen molar-refractivity contribution in [2.45, 2.75) is 35.6 Å². The fourth-order valence-corrected chi connectivity index (χ4v) is 5.39. The smallest absolute Gasteiger partial charge is 0.291 e. The predicted octanol–water partition coefficient (Wildman–Crippen LogP) is 3.71. The molecule has 132 valence electrons. The molecule has 0 aromatic carbocycles. The Bertz CT molecular complexity index is 605. The molecule has 0 radical (unpaired) electrons. The summed E-state index contributed by atoms with van der Waals surface area (Å²) in [5.74, 6) is 2.79. The van der Waals surface area contributed by atoms with Crippen molar-refractivity contribution in [3.63, 3.8) is 0 Å². The maximum absolute atomic E-state index is 6.10. The molecule has 2 fully saturated rings. The van der Waals surface area contributed by atoms with Gasteiger partial charge in [-0.1, -0.05) is 6.07 Å². The van der Waals surface area contributed by atoms with Crippen molar-refractivity contribution in [1.82, 2.24) is 14.1 Å². The lowest BCUT2D eigenvalue weighted by atomic mass is 10.1. The van der Waals surface area contributed by atoms with Crippen LogP contribution in [-0.2, 0) is 0 Å². The lowest BCUT2D eigenvalue weighted by molar-refractivity contribution is 0.159. The van der Waals surface area contributed by atoms with Crippen LogP contribution in [0, 0.1) is 5.92 Å². The van der Waals surface area contributed by atoms with Gasteiger partial charge in [0.25, 0.3) is 11.8 Å². The van der Waals surface area contributed by atoms with E-state index in [0.717, 1.165) is 30.4 Å². The summed E-state index contributed by atoms with van der Waals surface area (Å²) in [5, 5.41) is 5.60. The zero-order valence-corrected chi connectivity index (χ0v) is 16.3. The minimum absolute atomic E-state index is 0. The summed E-state index contributed by atoms with van der Waals surface area (Å²) in [4.78, 5) is 0. The predicted molar refractivity (Wildman–Crippen MR) is 101 cm³/mol. The third kappa shape index (κ3) is 4.16. The van der Waals surface area contributed by atoms with E-state index in [-0.39, 0.29) is 18.5 Å². The molecule has 3 heterocycles. The van der Waals surface area contributed by atoms with Crippen molar-refractivity contribution < 1.29 is 9.47 Å². The summed E-state index contributed by atoms with van der Waals surface area (Å²) >= 11 is 4.81. The molecule has 1 N–H and O–H groups in total. The summed E-state index contributed by atoms with van der Waals surface area (Å²) in [5.41, 5.74) is 0. The van der Waals surface area contributed by atoms with E-state index in [4.69, 9.17) is 9.47 Å². The van der Waals surface area contributed by atoms with Gasteiger partial charge in [0, 0.05) is 24.3 Å². The summed E-state index contributed by atoms with van der Waals surface area (Å²) < 4.78 is 21.7. The molecule has 24 heavy (non-hydrogen) atoms. The number of thioether (sulfide) groups is 1. The molecule has 0 spiro atoms. The van der Waals surface area contributed by atoms with Gasteiger partial charge in [0.1, 0.15) is 6.10 Å². The molecule has 1 saturated heterocycles. The van der Waals surface area contributed by atoms with Gasteiger partial charge in [-0.05, 0) is 30.7 Å². The standard InChI is InChI=1S/C15H19N3O2S3.ClH/c1-3-12(21-7-1)22-8-2-6-19-14-15(18-23-17-14)20-13-10-4-5-11(13)16-9-10;/h1,3,7,10-11,13,16H,2,4-6,8-9H2;1H. The number of thiophene rings is 1. The molecule has 9 heteroatoms. The van der Waals surface area contributed by atoms with Gasteiger partial charge in [-0.15, -0.1) is 44.3 Å². The number of nitrogens with one attached hydrogen (secondary N) is 1. The minimum atomic E-state index is 0. The summed E-state index contributed by atoms with van der Waals surface area (Å²) in [6, 6.07) is 4.70. The van der Waals surface area contributed by atoms with Crippen LogP contribution in [-0.4, -0.2) is 39.8 Å². The van der Waals surface area contributed by atoms with Crippen LogP contribution in [0.1, 0.15) is 19.3 Å². The lowest BCUT2D eigenvalue weighted by Gasteiger charge is -2.16. The van der Waals surface area contributed by atoms with Gasteiger partial charge in [-0.3, -0.25) is 0 Å². The van der Waals surface area contributed by atoms with E-state index in [2.05, 4.69) is 31.6 Å². The number of halogens is 1. The third-order valence-electron chi connectivity index (χ3n) is 4.30. The molecule has 3 unspecified atom stereocenters. The molecule has 2 aromatic heterocycles. The first kappa shape index (κ1) is 18.3. The van der Waals surface area contributed by atoms with Crippen molar-refractivity contribution in [3.05, 3.63) is 17.5 Å². The number of ether oxygens (including phenoxy) is 2. The maximum Gasteiger partial charge on any atom is 0.291 e. The van der Waals surface area contributed by atoms with Gasteiger partial charge in [0.15, 0.2) is 0 Å². The van der Waals surface area contributed by atoms with Crippen molar-refractivity contribution >= 4 is 47.2 Å². The highest BCUT2D eigenvalue weighted by atomic mass is 35.5. The molecule has 1 aliphatic heterocycles. The van der Waals surface area contributed by atoms with Crippen molar-refractivity contribution in [2.24, 2.45) is 5.92 Å². The van der Waals surface area contributed by atoms with Crippen LogP contribution >= 0.6 is 47.2 Å². The maximum atomic E-state index is 6.10. The molecular formula is C15H20ClN3O2S3. The average Bonchev–Trinajstić information content (AvgIpc) is 3.35. The Morgan fingerprint density at radius 2 is 2.21 bits per heavy atom. The van der Waals surface area contributed by atoms with E-state index in [9.17, 15) is 0 Å². The van der Waals surface area contributed by atoms with Crippen LogP contribution in [0.5, 0.6) is 11.8 Å². The van der Waals surface area contributed by atoms with Crippen LogP contribution in [0.25, 0.3) is 0 Å².